The molecule has 0 aliphatic carbocycles. The van der Waals surface area contributed by atoms with Crippen molar-refractivity contribution in [2.45, 2.75) is 31.7 Å². The van der Waals surface area contributed by atoms with Gasteiger partial charge in [0, 0.05) is 51.3 Å². The van der Waals surface area contributed by atoms with E-state index in [2.05, 4.69) is 15.0 Å². The maximum Gasteiger partial charge on any atom is 0.254 e. The van der Waals surface area contributed by atoms with Crippen LogP contribution in [0.4, 0.5) is 5.82 Å². The minimum absolute atomic E-state index is 0.114. The van der Waals surface area contributed by atoms with Gasteiger partial charge in [0.05, 0.1) is 7.11 Å². The lowest BCUT2D eigenvalue weighted by atomic mass is 10.0. The highest BCUT2D eigenvalue weighted by Crippen LogP contribution is 2.21. The van der Waals surface area contributed by atoms with Crippen molar-refractivity contribution < 1.29 is 14.1 Å². The quantitative estimate of drug-likeness (QED) is 0.799. The molecule has 1 atom stereocenters. The van der Waals surface area contributed by atoms with Gasteiger partial charge in [0.15, 0.2) is 0 Å². The maximum absolute atomic E-state index is 12.5. The first-order valence-corrected chi connectivity index (χ1v) is 8.58. The minimum atomic E-state index is 0.114. The molecule has 1 saturated heterocycles. The average molecular weight is 344 g/mol. The highest BCUT2D eigenvalue weighted by Gasteiger charge is 2.26. The molecule has 0 unspecified atom stereocenters. The summed E-state index contributed by atoms with van der Waals surface area (Å²) >= 11 is 0. The van der Waals surface area contributed by atoms with E-state index in [4.69, 9.17) is 9.26 Å². The summed E-state index contributed by atoms with van der Waals surface area (Å²) in [7, 11) is 3.42. The third-order valence-corrected chi connectivity index (χ3v) is 4.64. The number of hydrogen-bond acceptors (Lipinski definition) is 6. The number of pyridine rings is 1. The third-order valence-electron chi connectivity index (χ3n) is 4.64. The molecule has 134 valence electrons. The van der Waals surface area contributed by atoms with Gasteiger partial charge in [-0.05, 0) is 30.1 Å². The van der Waals surface area contributed by atoms with Crippen LogP contribution in [0.25, 0.3) is 0 Å². The summed E-state index contributed by atoms with van der Waals surface area (Å²) in [5.74, 6) is 2.19. The number of aryl methyl sites for hydroxylation is 1. The van der Waals surface area contributed by atoms with Crippen molar-refractivity contribution in [1.82, 2.24) is 15.0 Å². The lowest BCUT2D eigenvalue weighted by Crippen LogP contribution is -2.48. The van der Waals surface area contributed by atoms with Gasteiger partial charge in [0.2, 0.25) is 5.91 Å². The molecule has 0 N–H and O–H groups in total. The predicted octanol–water partition coefficient (Wildman–Crippen LogP) is 2.14. The normalized spacial score (nSPS) is 17.4. The molecule has 0 radical (unpaired) electrons. The van der Waals surface area contributed by atoms with Crippen LogP contribution >= 0.6 is 0 Å². The average Bonchev–Trinajstić information content (AvgIpc) is 3.14. The number of rotatable bonds is 6. The zero-order valence-corrected chi connectivity index (χ0v) is 14.7. The molecule has 7 nitrogen and oxygen atoms in total. The van der Waals surface area contributed by atoms with Gasteiger partial charge in [0.1, 0.15) is 11.6 Å². The van der Waals surface area contributed by atoms with Crippen LogP contribution < -0.4 is 9.64 Å². The van der Waals surface area contributed by atoms with Crippen LogP contribution in [0.3, 0.4) is 0 Å². The van der Waals surface area contributed by atoms with Gasteiger partial charge in [0.25, 0.3) is 5.88 Å². The van der Waals surface area contributed by atoms with Crippen molar-refractivity contribution >= 4 is 11.7 Å². The van der Waals surface area contributed by atoms with E-state index in [1.165, 1.54) is 7.11 Å². The first kappa shape index (κ1) is 17.3. The zero-order valence-electron chi connectivity index (χ0n) is 14.7. The summed E-state index contributed by atoms with van der Waals surface area (Å²) in [5.41, 5.74) is 0. The molecule has 0 spiro atoms. The number of likely N-dealkylation sites (N-methyl/N-ethyl adjacent to an activating group) is 1. The molecule has 25 heavy (non-hydrogen) atoms. The Morgan fingerprint density at radius 2 is 2.36 bits per heavy atom. The smallest absolute Gasteiger partial charge is 0.254 e. The maximum atomic E-state index is 12.5. The molecular weight excluding hydrogens is 320 g/mol. The molecule has 0 aromatic carbocycles. The molecule has 1 aliphatic rings. The summed E-state index contributed by atoms with van der Waals surface area (Å²) < 4.78 is 10.1. The number of nitrogens with zero attached hydrogens (tertiary/aromatic N) is 4. The van der Waals surface area contributed by atoms with Crippen LogP contribution in [0.1, 0.15) is 25.0 Å². The van der Waals surface area contributed by atoms with E-state index in [0.29, 0.717) is 24.5 Å². The summed E-state index contributed by atoms with van der Waals surface area (Å²) in [6.45, 7) is 1.79. The second-order valence-electron chi connectivity index (χ2n) is 6.27. The number of carbonyl (C=O) groups is 1. The van der Waals surface area contributed by atoms with Crippen LogP contribution in [-0.2, 0) is 11.2 Å². The van der Waals surface area contributed by atoms with Crippen molar-refractivity contribution in [3.8, 4) is 5.88 Å². The van der Waals surface area contributed by atoms with Crippen LogP contribution in [0.2, 0.25) is 0 Å². The molecule has 1 amide bonds. The molecule has 2 aromatic heterocycles. The molecule has 3 rings (SSSR count). The Morgan fingerprint density at radius 3 is 3.08 bits per heavy atom. The Labute approximate surface area is 147 Å². The first-order valence-electron chi connectivity index (χ1n) is 8.58. The molecule has 2 aromatic rings. The van der Waals surface area contributed by atoms with Gasteiger partial charge < -0.3 is 19.1 Å². The summed E-state index contributed by atoms with van der Waals surface area (Å²) in [6.07, 6.45) is 4.80. The fraction of sp³-hybridized carbons (Fsp3) is 0.500. The van der Waals surface area contributed by atoms with Crippen molar-refractivity contribution in [3.63, 3.8) is 0 Å². The minimum Gasteiger partial charge on any atom is -0.479 e. The number of carbonyl (C=O) groups excluding carboxylic acids is 1. The molecule has 1 fully saturated rings. The number of ether oxygens (including phenoxy) is 1. The second kappa shape index (κ2) is 8.00. The van der Waals surface area contributed by atoms with E-state index < -0.39 is 0 Å². The summed E-state index contributed by atoms with van der Waals surface area (Å²) in [5, 5.41) is 3.76. The molecule has 0 bridgehead atoms. The predicted molar refractivity (Wildman–Crippen MR) is 93.6 cm³/mol. The Kier molecular flexibility index (Phi) is 5.53. The Balaban J connectivity index is 1.54. The van der Waals surface area contributed by atoms with E-state index in [9.17, 15) is 4.79 Å². The second-order valence-corrected chi connectivity index (χ2v) is 6.27. The Morgan fingerprint density at radius 1 is 1.48 bits per heavy atom. The molecule has 1 aliphatic heterocycles. The van der Waals surface area contributed by atoms with Crippen LogP contribution in [0.5, 0.6) is 5.88 Å². The number of hydrogen-bond donors (Lipinski definition) is 0. The molecule has 3 heterocycles. The van der Waals surface area contributed by atoms with Gasteiger partial charge in [-0.15, -0.1) is 0 Å². The van der Waals surface area contributed by atoms with E-state index >= 15 is 0 Å². The largest absolute Gasteiger partial charge is 0.479 e. The Hall–Kier alpha value is -2.57. The zero-order chi connectivity index (χ0) is 17.6. The lowest BCUT2D eigenvalue weighted by molar-refractivity contribution is -0.132. The topological polar surface area (TPSA) is 71.7 Å². The number of amides is 1. The van der Waals surface area contributed by atoms with E-state index in [1.807, 2.05) is 30.1 Å². The summed E-state index contributed by atoms with van der Waals surface area (Å²) in [4.78, 5) is 21.1. The highest BCUT2D eigenvalue weighted by atomic mass is 16.5. The van der Waals surface area contributed by atoms with Crippen LogP contribution in [-0.4, -0.2) is 54.2 Å². The van der Waals surface area contributed by atoms with Crippen molar-refractivity contribution in [2.24, 2.45) is 0 Å². The van der Waals surface area contributed by atoms with E-state index in [-0.39, 0.29) is 11.9 Å². The molecular formula is C18H24N4O3. The van der Waals surface area contributed by atoms with Gasteiger partial charge in [-0.2, -0.15) is 0 Å². The van der Waals surface area contributed by atoms with Gasteiger partial charge in [-0.3, -0.25) is 4.79 Å². The number of aromatic nitrogens is 2. The Bertz CT molecular complexity index is 689. The van der Waals surface area contributed by atoms with Crippen molar-refractivity contribution in [1.29, 1.82) is 0 Å². The number of piperidine rings is 1. The molecule has 7 heteroatoms. The van der Waals surface area contributed by atoms with Crippen molar-refractivity contribution in [3.05, 3.63) is 36.2 Å². The van der Waals surface area contributed by atoms with E-state index in [0.717, 1.165) is 31.7 Å². The fourth-order valence-electron chi connectivity index (χ4n) is 3.14. The first-order chi connectivity index (χ1) is 12.2. The number of anilines is 1. The monoisotopic (exact) mass is 344 g/mol. The van der Waals surface area contributed by atoms with Crippen LogP contribution in [0.15, 0.2) is 35.0 Å². The molecule has 0 saturated carbocycles. The summed E-state index contributed by atoms with van der Waals surface area (Å²) in [6, 6.07) is 7.84. The van der Waals surface area contributed by atoms with Crippen molar-refractivity contribution in [2.75, 3.05) is 32.1 Å². The SMILES string of the molecule is COc1cc(CCC(=O)N(C)[C@H]2CCCN(c3ccccn3)C2)on1. The lowest BCUT2D eigenvalue weighted by Gasteiger charge is -2.38. The van der Waals surface area contributed by atoms with Crippen LogP contribution in [0, 0.1) is 0 Å². The van der Waals surface area contributed by atoms with Gasteiger partial charge in [-0.25, -0.2) is 4.98 Å². The highest BCUT2D eigenvalue weighted by molar-refractivity contribution is 5.76. The van der Waals surface area contributed by atoms with E-state index in [1.54, 1.807) is 12.3 Å². The third kappa shape index (κ3) is 4.29. The van der Waals surface area contributed by atoms with Gasteiger partial charge in [-0.1, -0.05) is 6.07 Å². The fourth-order valence-corrected chi connectivity index (χ4v) is 3.14. The standard InChI is InChI=1S/C18H24N4O3/c1-21(18(23)9-8-15-12-17(24-2)20-25-15)14-6-5-11-22(13-14)16-7-3-4-10-19-16/h3-4,7,10,12,14H,5-6,8-9,11,13H2,1-2H3/t14-/m0/s1. The number of methoxy groups -OCH3 is 1. The van der Waals surface area contributed by atoms with Gasteiger partial charge >= 0.3 is 0 Å².